The molecule has 0 unspecified atom stereocenters. The van der Waals surface area contributed by atoms with Gasteiger partial charge in [-0.2, -0.15) is 0 Å². The SMILES string of the molecule is O=CCc1cc([N+](=O)[O-])ccc1O. The van der Waals surface area contributed by atoms with E-state index < -0.39 is 4.92 Å². The van der Waals surface area contributed by atoms with Crippen molar-refractivity contribution in [3.8, 4) is 5.75 Å². The van der Waals surface area contributed by atoms with Gasteiger partial charge in [0.2, 0.25) is 0 Å². The molecule has 0 radical (unpaired) electrons. The van der Waals surface area contributed by atoms with Gasteiger partial charge in [-0.25, -0.2) is 0 Å². The maximum absolute atomic E-state index is 10.3. The molecular formula is C8H7NO4. The first-order valence-electron chi connectivity index (χ1n) is 3.55. The monoisotopic (exact) mass is 181 g/mol. The number of hydrogen-bond donors (Lipinski definition) is 1. The first kappa shape index (κ1) is 9.18. The fraction of sp³-hybridized carbons (Fsp3) is 0.125. The standard InChI is InChI=1S/C8H7NO4/c10-4-3-6-5-7(9(12)13)1-2-8(6)11/h1-2,4-5,11H,3H2. The van der Waals surface area contributed by atoms with Crippen LogP contribution < -0.4 is 0 Å². The molecule has 1 rings (SSSR count). The largest absolute Gasteiger partial charge is 0.508 e. The minimum atomic E-state index is -0.576. The summed E-state index contributed by atoms with van der Waals surface area (Å²) in [7, 11) is 0. The van der Waals surface area contributed by atoms with Gasteiger partial charge in [-0.15, -0.1) is 0 Å². The number of aromatic hydroxyl groups is 1. The molecule has 1 aromatic rings. The van der Waals surface area contributed by atoms with Crippen molar-refractivity contribution in [2.24, 2.45) is 0 Å². The molecule has 0 aliphatic carbocycles. The Morgan fingerprint density at radius 1 is 1.54 bits per heavy atom. The van der Waals surface area contributed by atoms with E-state index in [-0.39, 0.29) is 23.4 Å². The molecule has 0 heterocycles. The molecule has 1 aromatic carbocycles. The zero-order chi connectivity index (χ0) is 9.84. The number of hydrogen-bond acceptors (Lipinski definition) is 4. The summed E-state index contributed by atoms with van der Waals surface area (Å²) < 4.78 is 0. The Hall–Kier alpha value is -1.91. The van der Waals surface area contributed by atoms with E-state index in [4.69, 9.17) is 5.11 Å². The number of carbonyl (C=O) groups excluding carboxylic acids is 1. The van der Waals surface area contributed by atoms with Crippen LogP contribution in [0.1, 0.15) is 5.56 Å². The summed E-state index contributed by atoms with van der Waals surface area (Å²) in [5.41, 5.74) is 0.138. The number of benzene rings is 1. The number of non-ortho nitro benzene ring substituents is 1. The first-order chi connectivity index (χ1) is 6.15. The average Bonchev–Trinajstić information content (AvgIpc) is 2.08. The van der Waals surface area contributed by atoms with Gasteiger partial charge in [-0.05, 0) is 6.07 Å². The average molecular weight is 181 g/mol. The van der Waals surface area contributed by atoms with Crippen LogP contribution in [0.3, 0.4) is 0 Å². The Kier molecular flexibility index (Phi) is 2.59. The van der Waals surface area contributed by atoms with Gasteiger partial charge in [0.15, 0.2) is 0 Å². The minimum absolute atomic E-state index is 0.0203. The van der Waals surface area contributed by atoms with Gasteiger partial charge in [0.25, 0.3) is 5.69 Å². The molecule has 68 valence electrons. The van der Waals surface area contributed by atoms with Gasteiger partial charge in [-0.1, -0.05) is 0 Å². The maximum Gasteiger partial charge on any atom is 0.269 e. The van der Waals surface area contributed by atoms with Crippen molar-refractivity contribution in [1.82, 2.24) is 0 Å². The summed E-state index contributed by atoms with van der Waals surface area (Å²) in [4.78, 5) is 19.9. The Morgan fingerprint density at radius 2 is 2.23 bits per heavy atom. The van der Waals surface area contributed by atoms with Crippen molar-refractivity contribution in [2.45, 2.75) is 6.42 Å². The molecule has 0 fully saturated rings. The molecule has 13 heavy (non-hydrogen) atoms. The Bertz CT molecular complexity index is 348. The number of carbonyl (C=O) groups is 1. The molecular weight excluding hydrogens is 174 g/mol. The summed E-state index contributed by atoms with van der Waals surface area (Å²) in [6.07, 6.45) is 0.562. The van der Waals surface area contributed by atoms with Crippen molar-refractivity contribution >= 4 is 12.0 Å². The van der Waals surface area contributed by atoms with Crippen molar-refractivity contribution in [2.75, 3.05) is 0 Å². The fourth-order valence-electron chi connectivity index (χ4n) is 0.939. The number of rotatable bonds is 3. The van der Waals surface area contributed by atoms with Gasteiger partial charge >= 0.3 is 0 Å². The van der Waals surface area contributed by atoms with E-state index in [0.717, 1.165) is 0 Å². The zero-order valence-corrected chi connectivity index (χ0v) is 6.64. The smallest absolute Gasteiger partial charge is 0.269 e. The molecule has 0 spiro atoms. The van der Waals surface area contributed by atoms with Crippen LogP contribution in [0, 0.1) is 10.1 Å². The quantitative estimate of drug-likeness (QED) is 0.429. The Morgan fingerprint density at radius 3 is 2.77 bits per heavy atom. The molecule has 0 bridgehead atoms. The van der Waals surface area contributed by atoms with Gasteiger partial charge in [-0.3, -0.25) is 10.1 Å². The molecule has 0 aromatic heterocycles. The predicted molar refractivity (Wildman–Crippen MR) is 44.5 cm³/mol. The van der Waals surface area contributed by atoms with Gasteiger partial charge < -0.3 is 9.90 Å². The Labute approximate surface area is 73.8 Å². The number of phenols is 1. The lowest BCUT2D eigenvalue weighted by atomic mass is 10.1. The third kappa shape index (κ3) is 2.02. The fourth-order valence-corrected chi connectivity index (χ4v) is 0.939. The second-order valence-electron chi connectivity index (χ2n) is 2.44. The van der Waals surface area contributed by atoms with Crippen LogP contribution in [0.2, 0.25) is 0 Å². The normalized spacial score (nSPS) is 9.54. The molecule has 0 amide bonds. The molecule has 0 atom stereocenters. The summed E-state index contributed by atoms with van der Waals surface area (Å²) in [6.45, 7) is 0. The summed E-state index contributed by atoms with van der Waals surface area (Å²) >= 11 is 0. The van der Waals surface area contributed by atoms with E-state index >= 15 is 0 Å². The highest BCUT2D eigenvalue weighted by molar-refractivity contribution is 5.59. The summed E-state index contributed by atoms with van der Waals surface area (Å²) in [6, 6.07) is 3.57. The van der Waals surface area contributed by atoms with E-state index in [2.05, 4.69) is 0 Å². The predicted octanol–water partition coefficient (Wildman–Crippen LogP) is 1.04. The van der Waals surface area contributed by atoms with Crippen molar-refractivity contribution in [1.29, 1.82) is 0 Å². The maximum atomic E-state index is 10.3. The second-order valence-corrected chi connectivity index (χ2v) is 2.44. The lowest BCUT2D eigenvalue weighted by molar-refractivity contribution is -0.384. The summed E-state index contributed by atoms with van der Waals surface area (Å²) in [5, 5.41) is 19.5. The number of nitrogens with zero attached hydrogens (tertiary/aromatic N) is 1. The first-order valence-corrected chi connectivity index (χ1v) is 3.55. The molecule has 0 aliphatic rings. The third-order valence-electron chi connectivity index (χ3n) is 1.58. The Balaban J connectivity index is 3.10. The van der Waals surface area contributed by atoms with Crippen LogP contribution in [0.25, 0.3) is 0 Å². The molecule has 5 heteroatoms. The van der Waals surface area contributed by atoms with Crippen LogP contribution in [0.5, 0.6) is 5.75 Å². The number of phenolic OH excluding ortho intramolecular Hbond substituents is 1. The van der Waals surface area contributed by atoms with Crippen molar-refractivity contribution in [3.05, 3.63) is 33.9 Å². The summed E-state index contributed by atoms with van der Waals surface area (Å²) in [5.74, 6) is -0.0994. The van der Waals surface area contributed by atoms with E-state index in [0.29, 0.717) is 6.29 Å². The van der Waals surface area contributed by atoms with Crippen LogP contribution in [-0.2, 0) is 11.2 Å². The van der Waals surface area contributed by atoms with Crippen LogP contribution >= 0.6 is 0 Å². The van der Waals surface area contributed by atoms with E-state index in [1.165, 1.54) is 18.2 Å². The van der Waals surface area contributed by atoms with Gasteiger partial charge in [0, 0.05) is 24.1 Å². The molecule has 0 saturated heterocycles. The lowest BCUT2D eigenvalue weighted by Crippen LogP contribution is -1.92. The molecule has 0 saturated carbocycles. The highest BCUT2D eigenvalue weighted by Crippen LogP contribution is 2.22. The van der Waals surface area contributed by atoms with E-state index in [1.807, 2.05) is 0 Å². The second kappa shape index (κ2) is 3.66. The molecule has 1 N–H and O–H groups in total. The molecule has 0 aliphatic heterocycles. The number of nitro groups is 1. The van der Waals surface area contributed by atoms with Crippen molar-refractivity contribution < 1.29 is 14.8 Å². The third-order valence-corrected chi connectivity index (χ3v) is 1.58. The van der Waals surface area contributed by atoms with Crippen molar-refractivity contribution in [3.63, 3.8) is 0 Å². The topological polar surface area (TPSA) is 80.4 Å². The minimum Gasteiger partial charge on any atom is -0.508 e. The lowest BCUT2D eigenvalue weighted by Gasteiger charge is -1.99. The van der Waals surface area contributed by atoms with Crippen LogP contribution in [-0.4, -0.2) is 16.3 Å². The van der Waals surface area contributed by atoms with Crippen LogP contribution in [0.15, 0.2) is 18.2 Å². The van der Waals surface area contributed by atoms with E-state index in [1.54, 1.807) is 0 Å². The molecule has 5 nitrogen and oxygen atoms in total. The van der Waals surface area contributed by atoms with Gasteiger partial charge in [0.05, 0.1) is 4.92 Å². The zero-order valence-electron chi connectivity index (χ0n) is 6.64. The van der Waals surface area contributed by atoms with Gasteiger partial charge in [0.1, 0.15) is 12.0 Å². The number of nitro benzene ring substituents is 1. The van der Waals surface area contributed by atoms with Crippen LogP contribution in [0.4, 0.5) is 5.69 Å². The highest BCUT2D eigenvalue weighted by Gasteiger charge is 2.09. The number of aldehydes is 1. The van der Waals surface area contributed by atoms with E-state index in [9.17, 15) is 14.9 Å². The highest BCUT2D eigenvalue weighted by atomic mass is 16.6.